The molecule has 6 nitrogen and oxygen atoms in total. The molecule has 0 amide bonds. The summed E-state index contributed by atoms with van der Waals surface area (Å²) in [7, 11) is 0. The number of rotatable bonds is 50. The zero-order chi connectivity index (χ0) is 47.2. The number of hydrogen-bond acceptors (Lipinski definition) is 6. The molecule has 0 saturated carbocycles. The molecule has 0 heterocycles. The second-order valence-corrected chi connectivity index (χ2v) is 18.5. The van der Waals surface area contributed by atoms with Gasteiger partial charge in [0.05, 0.1) is 0 Å². The number of carbonyl (C=O) groups excluding carboxylic acids is 3. The highest BCUT2D eigenvalue weighted by molar-refractivity contribution is 5.71. The Labute approximate surface area is 402 Å². The molecule has 6 heteroatoms. The van der Waals surface area contributed by atoms with Crippen molar-refractivity contribution in [3.63, 3.8) is 0 Å². The number of hydrogen-bond donors (Lipinski definition) is 0. The van der Waals surface area contributed by atoms with E-state index in [1.807, 2.05) is 0 Å². The number of ether oxygens (including phenoxy) is 3. The molecule has 0 aromatic heterocycles. The van der Waals surface area contributed by atoms with Gasteiger partial charge in [0, 0.05) is 19.3 Å². The van der Waals surface area contributed by atoms with E-state index in [4.69, 9.17) is 14.2 Å². The zero-order valence-electron chi connectivity index (χ0n) is 43.0. The highest BCUT2D eigenvalue weighted by Crippen LogP contribution is 2.16. The summed E-state index contributed by atoms with van der Waals surface area (Å²) in [6, 6.07) is 0. The Hall–Kier alpha value is -2.89. The molecule has 0 aromatic rings. The van der Waals surface area contributed by atoms with Crippen molar-refractivity contribution in [2.24, 2.45) is 0 Å². The van der Waals surface area contributed by atoms with Gasteiger partial charge in [0.15, 0.2) is 6.10 Å². The van der Waals surface area contributed by atoms with Crippen molar-refractivity contribution >= 4 is 17.9 Å². The minimum absolute atomic E-state index is 0.0814. The van der Waals surface area contributed by atoms with Crippen molar-refractivity contribution in [3.05, 3.63) is 60.8 Å². The van der Waals surface area contributed by atoms with Crippen LogP contribution in [0.25, 0.3) is 0 Å². The molecule has 65 heavy (non-hydrogen) atoms. The van der Waals surface area contributed by atoms with E-state index in [1.165, 1.54) is 135 Å². The van der Waals surface area contributed by atoms with Crippen LogP contribution in [0.2, 0.25) is 0 Å². The number of allylic oxidation sites excluding steroid dienone is 10. The predicted octanol–water partition coefficient (Wildman–Crippen LogP) is 18.4. The third-order valence-corrected chi connectivity index (χ3v) is 12.0. The summed E-state index contributed by atoms with van der Waals surface area (Å²) >= 11 is 0. The molecule has 0 spiro atoms. The highest BCUT2D eigenvalue weighted by Gasteiger charge is 2.19. The first-order chi connectivity index (χ1) is 32.0. The Morgan fingerprint density at radius 3 is 1.02 bits per heavy atom. The summed E-state index contributed by atoms with van der Waals surface area (Å²) in [5.41, 5.74) is 0. The van der Waals surface area contributed by atoms with E-state index in [0.29, 0.717) is 19.3 Å². The van der Waals surface area contributed by atoms with Gasteiger partial charge >= 0.3 is 17.9 Å². The van der Waals surface area contributed by atoms with Crippen molar-refractivity contribution in [1.82, 2.24) is 0 Å². The molecule has 0 aliphatic heterocycles. The fourth-order valence-electron chi connectivity index (χ4n) is 7.85. The molecule has 0 bridgehead atoms. The Balaban J connectivity index is 4.32. The van der Waals surface area contributed by atoms with Gasteiger partial charge in [-0.25, -0.2) is 0 Å². The topological polar surface area (TPSA) is 78.9 Å². The van der Waals surface area contributed by atoms with Gasteiger partial charge in [-0.1, -0.05) is 242 Å². The van der Waals surface area contributed by atoms with Crippen LogP contribution in [0.5, 0.6) is 0 Å². The normalized spacial score (nSPS) is 12.5. The lowest BCUT2D eigenvalue weighted by Gasteiger charge is -2.18. The third kappa shape index (κ3) is 51.9. The van der Waals surface area contributed by atoms with Crippen LogP contribution in [0.15, 0.2) is 60.8 Å². The molecule has 0 N–H and O–H groups in total. The van der Waals surface area contributed by atoms with Gasteiger partial charge in [-0.05, 0) is 77.0 Å². The highest BCUT2D eigenvalue weighted by atomic mass is 16.6. The van der Waals surface area contributed by atoms with Gasteiger partial charge in [0.25, 0.3) is 0 Å². The van der Waals surface area contributed by atoms with E-state index in [1.54, 1.807) is 0 Å². The Kier molecular flexibility index (Phi) is 51.3. The van der Waals surface area contributed by atoms with Crippen LogP contribution in [-0.2, 0) is 28.6 Å². The van der Waals surface area contributed by atoms with Gasteiger partial charge in [-0.3, -0.25) is 14.4 Å². The average molecular weight is 909 g/mol. The molecule has 0 aliphatic carbocycles. The summed E-state index contributed by atoms with van der Waals surface area (Å²) in [4.78, 5) is 38.0. The first-order valence-electron chi connectivity index (χ1n) is 27.8. The van der Waals surface area contributed by atoms with Crippen LogP contribution >= 0.6 is 0 Å². The summed E-state index contributed by atoms with van der Waals surface area (Å²) in [5.74, 6) is -0.895. The Bertz CT molecular complexity index is 1180. The van der Waals surface area contributed by atoms with E-state index >= 15 is 0 Å². The molecule has 0 aliphatic rings. The molecular weight excluding hydrogens is 805 g/mol. The number of unbranched alkanes of at least 4 members (excludes halogenated alkanes) is 29. The van der Waals surface area contributed by atoms with Gasteiger partial charge in [0.1, 0.15) is 13.2 Å². The summed E-state index contributed by atoms with van der Waals surface area (Å²) in [6.45, 7) is 6.47. The SMILES string of the molecule is CC/C=C\C/C=C\C/C=C\C/C=C\CCCCCCCCC(=O)OCC(COC(=O)CCCCCCC/C=C\CCC)OC(=O)CCCCCCCCCCCCCCCCCCCC. The lowest BCUT2D eigenvalue weighted by atomic mass is 10.0. The molecule has 1 unspecified atom stereocenters. The van der Waals surface area contributed by atoms with Crippen LogP contribution in [0.3, 0.4) is 0 Å². The molecule has 0 radical (unpaired) electrons. The predicted molar refractivity (Wildman–Crippen MR) is 279 cm³/mol. The number of esters is 3. The largest absolute Gasteiger partial charge is 0.462 e. The Morgan fingerprint density at radius 1 is 0.323 bits per heavy atom. The van der Waals surface area contributed by atoms with E-state index in [9.17, 15) is 14.4 Å². The maximum atomic E-state index is 12.8. The fourth-order valence-corrected chi connectivity index (χ4v) is 7.85. The van der Waals surface area contributed by atoms with Gasteiger partial charge in [-0.2, -0.15) is 0 Å². The smallest absolute Gasteiger partial charge is 0.306 e. The summed E-state index contributed by atoms with van der Waals surface area (Å²) in [5, 5.41) is 0. The van der Waals surface area contributed by atoms with Crippen LogP contribution in [0, 0.1) is 0 Å². The Morgan fingerprint density at radius 2 is 0.631 bits per heavy atom. The maximum absolute atomic E-state index is 12.8. The van der Waals surface area contributed by atoms with Crippen molar-refractivity contribution in [1.29, 1.82) is 0 Å². The van der Waals surface area contributed by atoms with Crippen molar-refractivity contribution in [3.8, 4) is 0 Å². The van der Waals surface area contributed by atoms with E-state index in [0.717, 1.165) is 103 Å². The molecule has 1 atom stereocenters. The first kappa shape index (κ1) is 62.1. The van der Waals surface area contributed by atoms with Crippen molar-refractivity contribution in [2.45, 2.75) is 284 Å². The van der Waals surface area contributed by atoms with E-state index in [-0.39, 0.29) is 31.1 Å². The summed E-state index contributed by atoms with van der Waals surface area (Å²) < 4.78 is 16.8. The van der Waals surface area contributed by atoms with E-state index < -0.39 is 6.10 Å². The summed E-state index contributed by atoms with van der Waals surface area (Å²) in [6.07, 6.45) is 66.4. The van der Waals surface area contributed by atoms with Crippen LogP contribution in [-0.4, -0.2) is 37.2 Å². The minimum atomic E-state index is -0.781. The van der Waals surface area contributed by atoms with Gasteiger partial charge in [-0.15, -0.1) is 0 Å². The molecule has 0 aromatic carbocycles. The van der Waals surface area contributed by atoms with E-state index in [2.05, 4.69) is 81.5 Å². The van der Waals surface area contributed by atoms with Gasteiger partial charge < -0.3 is 14.2 Å². The fraction of sp³-hybridized carbons (Fsp3) is 0.780. The molecule has 0 fully saturated rings. The second-order valence-electron chi connectivity index (χ2n) is 18.5. The molecule has 0 saturated heterocycles. The first-order valence-corrected chi connectivity index (χ1v) is 27.8. The third-order valence-electron chi connectivity index (χ3n) is 12.0. The van der Waals surface area contributed by atoms with Crippen molar-refractivity contribution < 1.29 is 28.6 Å². The zero-order valence-corrected chi connectivity index (χ0v) is 43.0. The van der Waals surface area contributed by atoms with Crippen LogP contribution < -0.4 is 0 Å². The minimum Gasteiger partial charge on any atom is -0.462 e. The molecule has 0 rings (SSSR count). The molecule has 376 valence electrons. The standard InChI is InChI=1S/C59H104O6/c1-4-7-10-13-16-19-22-24-26-28-30-32-33-35-37-40-43-46-49-52-58(61)64-55-56(54-63-57(60)51-48-45-42-39-21-18-15-12-9-6-3)65-59(62)53-50-47-44-41-38-36-34-31-29-27-25-23-20-17-14-11-8-5-2/h7,10,12,15-16,19,24,26,30,32,56H,4-6,8-9,11,13-14,17-18,20-23,25,27-29,31,33-55H2,1-3H3/b10-7-,15-12-,19-16-,26-24-,32-30-. The molecular formula is C59H104O6. The number of carbonyl (C=O) groups is 3. The average Bonchev–Trinajstić information content (AvgIpc) is 3.30. The monoisotopic (exact) mass is 909 g/mol. The second kappa shape index (κ2) is 53.7. The maximum Gasteiger partial charge on any atom is 0.306 e. The lowest BCUT2D eigenvalue weighted by Crippen LogP contribution is -2.30. The lowest BCUT2D eigenvalue weighted by molar-refractivity contribution is -0.167. The van der Waals surface area contributed by atoms with Crippen LogP contribution in [0.4, 0.5) is 0 Å². The van der Waals surface area contributed by atoms with Crippen molar-refractivity contribution in [2.75, 3.05) is 13.2 Å². The van der Waals surface area contributed by atoms with Gasteiger partial charge in [0.2, 0.25) is 0 Å². The van der Waals surface area contributed by atoms with Crippen LogP contribution in [0.1, 0.15) is 278 Å². The quantitative estimate of drug-likeness (QED) is 0.0262.